The van der Waals surface area contributed by atoms with Crippen LogP contribution < -0.4 is 4.90 Å². The second kappa shape index (κ2) is 5.48. The van der Waals surface area contributed by atoms with Gasteiger partial charge in [0.1, 0.15) is 5.82 Å². The zero-order chi connectivity index (χ0) is 13.1. The van der Waals surface area contributed by atoms with Crippen molar-refractivity contribution in [2.75, 3.05) is 25.2 Å². The first-order valence-corrected chi connectivity index (χ1v) is 6.21. The highest BCUT2D eigenvalue weighted by molar-refractivity contribution is 6.00. The van der Waals surface area contributed by atoms with Gasteiger partial charge in [-0.3, -0.25) is 4.79 Å². The summed E-state index contributed by atoms with van der Waals surface area (Å²) in [4.78, 5) is 13.6. The molecule has 0 amide bonds. The molecule has 1 heterocycles. The number of ether oxygens (including phenoxy) is 1. The lowest BCUT2D eigenvalue weighted by atomic mass is 10.0. The summed E-state index contributed by atoms with van der Waals surface area (Å²) in [6.07, 6.45) is 1.81. The molecule has 1 aromatic rings. The van der Waals surface area contributed by atoms with Crippen molar-refractivity contribution >= 4 is 11.5 Å². The molecule has 1 saturated heterocycles. The van der Waals surface area contributed by atoms with E-state index >= 15 is 0 Å². The molecule has 0 saturated carbocycles. The summed E-state index contributed by atoms with van der Waals surface area (Å²) < 4.78 is 19.1. The quantitative estimate of drug-likeness (QED) is 0.773. The topological polar surface area (TPSA) is 29.5 Å². The predicted octanol–water partition coefficient (Wildman–Crippen LogP) is 2.64. The van der Waals surface area contributed by atoms with Crippen molar-refractivity contribution in [1.29, 1.82) is 0 Å². The normalized spacial score (nSPS) is 16.6. The Morgan fingerprint density at radius 1 is 1.39 bits per heavy atom. The number of hydrogen-bond donors (Lipinski definition) is 0. The highest BCUT2D eigenvalue weighted by atomic mass is 19.1. The largest absolute Gasteiger partial charge is 0.381 e. The van der Waals surface area contributed by atoms with Gasteiger partial charge < -0.3 is 9.64 Å². The zero-order valence-corrected chi connectivity index (χ0v) is 10.8. The molecule has 1 aliphatic heterocycles. The fraction of sp³-hybridized carbons (Fsp3) is 0.500. The molecule has 0 spiro atoms. The summed E-state index contributed by atoms with van der Waals surface area (Å²) in [6.45, 7) is 2.85. The highest BCUT2D eigenvalue weighted by Gasteiger charge is 2.23. The SMILES string of the molecule is CC(=O)c1c(F)cccc1N(C)C1CCOCC1. The van der Waals surface area contributed by atoms with Crippen LogP contribution in [0.4, 0.5) is 10.1 Å². The van der Waals surface area contributed by atoms with E-state index in [1.54, 1.807) is 12.1 Å². The lowest BCUT2D eigenvalue weighted by Gasteiger charge is -2.33. The van der Waals surface area contributed by atoms with Crippen molar-refractivity contribution in [3.05, 3.63) is 29.6 Å². The Morgan fingerprint density at radius 2 is 2.06 bits per heavy atom. The van der Waals surface area contributed by atoms with Gasteiger partial charge in [-0.1, -0.05) is 6.07 Å². The van der Waals surface area contributed by atoms with E-state index in [-0.39, 0.29) is 11.3 Å². The maximum Gasteiger partial charge on any atom is 0.164 e. The first kappa shape index (κ1) is 13.0. The Morgan fingerprint density at radius 3 is 2.67 bits per heavy atom. The fourth-order valence-electron chi connectivity index (χ4n) is 2.42. The third-order valence-electron chi connectivity index (χ3n) is 3.46. The lowest BCUT2D eigenvalue weighted by molar-refractivity contribution is 0.0854. The van der Waals surface area contributed by atoms with Crippen molar-refractivity contribution in [3.8, 4) is 0 Å². The van der Waals surface area contributed by atoms with Crippen LogP contribution in [0.1, 0.15) is 30.1 Å². The van der Waals surface area contributed by atoms with E-state index in [9.17, 15) is 9.18 Å². The molecule has 0 N–H and O–H groups in total. The third kappa shape index (κ3) is 2.53. The van der Waals surface area contributed by atoms with Gasteiger partial charge >= 0.3 is 0 Å². The third-order valence-corrected chi connectivity index (χ3v) is 3.46. The lowest BCUT2D eigenvalue weighted by Crippen LogP contribution is -2.37. The van der Waals surface area contributed by atoms with E-state index in [2.05, 4.69) is 0 Å². The number of ketones is 1. The smallest absolute Gasteiger partial charge is 0.164 e. The minimum Gasteiger partial charge on any atom is -0.381 e. The molecule has 18 heavy (non-hydrogen) atoms. The van der Waals surface area contributed by atoms with Crippen LogP contribution >= 0.6 is 0 Å². The summed E-state index contributed by atoms with van der Waals surface area (Å²) in [7, 11) is 1.91. The molecular weight excluding hydrogens is 233 g/mol. The summed E-state index contributed by atoms with van der Waals surface area (Å²) >= 11 is 0. The maximum absolute atomic E-state index is 13.8. The second-order valence-electron chi connectivity index (χ2n) is 4.64. The standard InChI is InChI=1S/C14H18FNO2/c1-10(17)14-12(15)4-3-5-13(14)16(2)11-6-8-18-9-7-11/h3-5,11H,6-9H2,1-2H3. The van der Waals surface area contributed by atoms with Crippen LogP contribution in [0, 0.1) is 5.82 Å². The number of halogens is 1. The van der Waals surface area contributed by atoms with E-state index in [0.717, 1.165) is 26.1 Å². The van der Waals surface area contributed by atoms with Crippen LogP contribution in [0.25, 0.3) is 0 Å². The highest BCUT2D eigenvalue weighted by Crippen LogP contribution is 2.27. The fourth-order valence-corrected chi connectivity index (χ4v) is 2.42. The molecule has 0 radical (unpaired) electrons. The van der Waals surface area contributed by atoms with Gasteiger partial charge in [0.05, 0.1) is 11.3 Å². The molecule has 1 aromatic carbocycles. The van der Waals surface area contributed by atoms with E-state index in [4.69, 9.17) is 4.74 Å². The van der Waals surface area contributed by atoms with Crippen LogP contribution in [-0.4, -0.2) is 32.1 Å². The van der Waals surface area contributed by atoms with Crippen LogP contribution in [-0.2, 0) is 4.74 Å². The number of carbonyl (C=O) groups excluding carboxylic acids is 1. The van der Waals surface area contributed by atoms with Gasteiger partial charge in [0.25, 0.3) is 0 Å². The monoisotopic (exact) mass is 251 g/mol. The Labute approximate surface area is 107 Å². The minimum atomic E-state index is -0.445. The number of benzene rings is 1. The van der Waals surface area contributed by atoms with Gasteiger partial charge in [0, 0.05) is 26.3 Å². The predicted molar refractivity (Wildman–Crippen MR) is 68.6 cm³/mol. The van der Waals surface area contributed by atoms with E-state index in [1.807, 2.05) is 11.9 Å². The maximum atomic E-state index is 13.8. The molecule has 1 aliphatic rings. The Balaban J connectivity index is 2.31. The molecule has 0 unspecified atom stereocenters. The number of hydrogen-bond acceptors (Lipinski definition) is 3. The van der Waals surface area contributed by atoms with Crippen molar-refractivity contribution < 1.29 is 13.9 Å². The molecule has 2 rings (SSSR count). The van der Waals surface area contributed by atoms with Crippen molar-refractivity contribution in [1.82, 2.24) is 0 Å². The number of anilines is 1. The van der Waals surface area contributed by atoms with Gasteiger partial charge in [0.2, 0.25) is 0 Å². The number of rotatable bonds is 3. The first-order chi connectivity index (χ1) is 8.61. The first-order valence-electron chi connectivity index (χ1n) is 6.21. The Kier molecular flexibility index (Phi) is 3.97. The van der Waals surface area contributed by atoms with Crippen molar-refractivity contribution in [2.24, 2.45) is 0 Å². The van der Waals surface area contributed by atoms with Crippen molar-refractivity contribution in [2.45, 2.75) is 25.8 Å². The van der Waals surface area contributed by atoms with E-state index < -0.39 is 5.82 Å². The summed E-state index contributed by atoms with van der Waals surface area (Å²) in [6, 6.07) is 5.08. The molecule has 0 bridgehead atoms. The van der Waals surface area contributed by atoms with Crippen LogP contribution in [0.5, 0.6) is 0 Å². The Hall–Kier alpha value is -1.42. The van der Waals surface area contributed by atoms with E-state index in [0.29, 0.717) is 11.7 Å². The van der Waals surface area contributed by atoms with Gasteiger partial charge in [-0.05, 0) is 31.9 Å². The molecule has 3 nitrogen and oxygen atoms in total. The zero-order valence-electron chi connectivity index (χ0n) is 10.8. The minimum absolute atomic E-state index is 0.187. The number of nitrogens with zero attached hydrogens (tertiary/aromatic N) is 1. The van der Waals surface area contributed by atoms with Crippen LogP contribution in [0.2, 0.25) is 0 Å². The number of Topliss-reactive ketones (excluding diaryl/α,β-unsaturated/α-hetero) is 1. The molecule has 0 aromatic heterocycles. The van der Waals surface area contributed by atoms with Gasteiger partial charge in [0.15, 0.2) is 5.78 Å². The van der Waals surface area contributed by atoms with Crippen molar-refractivity contribution in [3.63, 3.8) is 0 Å². The number of carbonyl (C=O) groups is 1. The van der Waals surface area contributed by atoms with Gasteiger partial charge in [-0.25, -0.2) is 4.39 Å². The van der Waals surface area contributed by atoms with Crippen LogP contribution in [0.15, 0.2) is 18.2 Å². The van der Waals surface area contributed by atoms with Gasteiger partial charge in [-0.2, -0.15) is 0 Å². The molecule has 98 valence electrons. The molecule has 0 aliphatic carbocycles. The average molecular weight is 251 g/mol. The molecule has 0 atom stereocenters. The average Bonchev–Trinajstić information content (AvgIpc) is 2.38. The summed E-state index contributed by atoms with van der Waals surface area (Å²) in [5.74, 6) is -0.680. The molecule has 1 fully saturated rings. The van der Waals surface area contributed by atoms with E-state index in [1.165, 1.54) is 13.0 Å². The van der Waals surface area contributed by atoms with Crippen LogP contribution in [0.3, 0.4) is 0 Å². The summed E-state index contributed by atoms with van der Waals surface area (Å²) in [5, 5.41) is 0. The second-order valence-corrected chi connectivity index (χ2v) is 4.64. The summed E-state index contributed by atoms with van der Waals surface area (Å²) in [5.41, 5.74) is 0.862. The molecular formula is C14H18FNO2. The Bertz CT molecular complexity index is 441. The van der Waals surface area contributed by atoms with Gasteiger partial charge in [-0.15, -0.1) is 0 Å². The molecule has 4 heteroatoms.